The van der Waals surface area contributed by atoms with Crippen molar-refractivity contribution in [1.82, 2.24) is 9.03 Å². The minimum Gasteiger partial charge on any atom is -0.454 e. The number of benzene rings is 1. The van der Waals surface area contributed by atoms with E-state index < -0.39 is 20.0 Å². The highest BCUT2D eigenvalue weighted by molar-refractivity contribution is 7.89. The molecule has 0 bridgehead atoms. The third-order valence-corrected chi connectivity index (χ3v) is 6.29. The van der Waals surface area contributed by atoms with Gasteiger partial charge in [-0.2, -0.15) is 0 Å². The highest BCUT2D eigenvalue weighted by Gasteiger charge is 2.21. The second-order valence-corrected chi connectivity index (χ2v) is 9.17. The Kier molecular flexibility index (Phi) is 6.63. The summed E-state index contributed by atoms with van der Waals surface area (Å²) in [5.74, 6) is 0.848. The molecule has 0 fully saturated rings. The van der Waals surface area contributed by atoms with Gasteiger partial charge in [-0.3, -0.25) is 0 Å². The standard InChI is InChI=1S/C14H22N2O7S2/c1-21-9-3-7-16(24(2,17)18)8-6-15-25(19,20)12-4-5-13-14(10-12)23-11-22-13/h4-5,10,15H,3,6-9,11H2,1-2H3. The fourth-order valence-electron chi connectivity index (χ4n) is 2.26. The average Bonchev–Trinajstić information content (AvgIpc) is 3.00. The van der Waals surface area contributed by atoms with E-state index in [0.717, 1.165) is 6.26 Å². The number of ether oxygens (including phenoxy) is 3. The molecule has 11 heteroatoms. The summed E-state index contributed by atoms with van der Waals surface area (Å²) in [4.78, 5) is 0.0297. The van der Waals surface area contributed by atoms with Gasteiger partial charge in [0.2, 0.25) is 26.8 Å². The Bertz CT molecular complexity index is 793. The molecule has 1 heterocycles. The predicted octanol–water partition coefficient (Wildman–Crippen LogP) is -0.00830. The van der Waals surface area contributed by atoms with Crippen LogP contribution in [-0.4, -0.2) is 67.5 Å². The molecule has 0 saturated carbocycles. The van der Waals surface area contributed by atoms with Crippen LogP contribution in [0, 0.1) is 0 Å². The van der Waals surface area contributed by atoms with E-state index in [1.54, 1.807) is 0 Å². The molecule has 1 aliphatic heterocycles. The highest BCUT2D eigenvalue weighted by atomic mass is 32.2. The minimum atomic E-state index is -3.78. The number of sulfonamides is 2. The number of nitrogens with zero attached hydrogens (tertiary/aromatic N) is 1. The lowest BCUT2D eigenvalue weighted by Crippen LogP contribution is -2.38. The monoisotopic (exact) mass is 394 g/mol. The predicted molar refractivity (Wildman–Crippen MR) is 90.7 cm³/mol. The van der Waals surface area contributed by atoms with Gasteiger partial charge in [-0.1, -0.05) is 0 Å². The maximum absolute atomic E-state index is 12.3. The molecule has 0 spiro atoms. The normalized spacial score (nSPS) is 14.2. The molecule has 0 aliphatic carbocycles. The zero-order chi connectivity index (χ0) is 18.5. The Morgan fingerprint density at radius 1 is 1.16 bits per heavy atom. The molecule has 0 atom stereocenters. The van der Waals surface area contributed by atoms with Gasteiger partial charge in [0.25, 0.3) is 0 Å². The second-order valence-electron chi connectivity index (χ2n) is 5.42. The van der Waals surface area contributed by atoms with Crippen LogP contribution in [0.5, 0.6) is 11.5 Å². The van der Waals surface area contributed by atoms with Crippen LogP contribution in [0.2, 0.25) is 0 Å². The Morgan fingerprint density at radius 2 is 1.88 bits per heavy atom. The van der Waals surface area contributed by atoms with Gasteiger partial charge in [0.15, 0.2) is 11.5 Å². The van der Waals surface area contributed by atoms with Crippen molar-refractivity contribution in [3.63, 3.8) is 0 Å². The lowest BCUT2D eigenvalue weighted by molar-refractivity contribution is 0.174. The van der Waals surface area contributed by atoms with Gasteiger partial charge >= 0.3 is 0 Å². The third-order valence-electron chi connectivity index (χ3n) is 3.53. The Hall–Kier alpha value is -1.40. The van der Waals surface area contributed by atoms with Crippen molar-refractivity contribution in [2.24, 2.45) is 0 Å². The van der Waals surface area contributed by atoms with E-state index in [2.05, 4.69) is 4.72 Å². The number of hydrogen-bond donors (Lipinski definition) is 1. The quantitative estimate of drug-likeness (QED) is 0.556. The van der Waals surface area contributed by atoms with Crippen LogP contribution in [-0.2, 0) is 24.8 Å². The molecule has 0 saturated heterocycles. The second kappa shape index (κ2) is 8.32. The van der Waals surface area contributed by atoms with E-state index in [-0.39, 0.29) is 31.3 Å². The molecule has 0 amide bonds. The molecule has 142 valence electrons. The summed E-state index contributed by atoms with van der Waals surface area (Å²) in [6, 6.07) is 4.30. The number of hydrogen-bond acceptors (Lipinski definition) is 7. The summed E-state index contributed by atoms with van der Waals surface area (Å²) in [7, 11) is -5.68. The largest absolute Gasteiger partial charge is 0.454 e. The fourth-order valence-corrected chi connectivity index (χ4v) is 4.18. The SMILES string of the molecule is COCCCN(CCNS(=O)(=O)c1ccc2c(c1)OCO2)S(C)(=O)=O. The van der Waals surface area contributed by atoms with Crippen molar-refractivity contribution in [1.29, 1.82) is 0 Å². The van der Waals surface area contributed by atoms with Crippen LogP contribution >= 0.6 is 0 Å². The van der Waals surface area contributed by atoms with E-state index in [9.17, 15) is 16.8 Å². The van der Waals surface area contributed by atoms with E-state index in [1.165, 1.54) is 29.6 Å². The molecule has 2 rings (SSSR count). The van der Waals surface area contributed by atoms with Gasteiger partial charge in [0, 0.05) is 39.4 Å². The number of fused-ring (bicyclic) bond motifs is 1. The average molecular weight is 394 g/mol. The van der Waals surface area contributed by atoms with Crippen LogP contribution in [0.4, 0.5) is 0 Å². The molecule has 1 aromatic rings. The molecule has 0 radical (unpaired) electrons. The molecule has 0 aromatic heterocycles. The summed E-state index contributed by atoms with van der Waals surface area (Å²) < 4.78 is 67.0. The third kappa shape index (κ3) is 5.54. The molecule has 1 aliphatic rings. The van der Waals surface area contributed by atoms with Crippen molar-refractivity contribution in [2.45, 2.75) is 11.3 Å². The van der Waals surface area contributed by atoms with Crippen LogP contribution in [0.3, 0.4) is 0 Å². The smallest absolute Gasteiger partial charge is 0.240 e. The fraction of sp³-hybridized carbons (Fsp3) is 0.571. The summed E-state index contributed by atoms with van der Waals surface area (Å²) in [6.07, 6.45) is 1.62. The Morgan fingerprint density at radius 3 is 2.56 bits per heavy atom. The first-order valence-electron chi connectivity index (χ1n) is 7.57. The van der Waals surface area contributed by atoms with Crippen molar-refractivity contribution < 1.29 is 31.0 Å². The summed E-state index contributed by atoms with van der Waals surface area (Å²) in [6.45, 7) is 0.730. The molecular weight excluding hydrogens is 372 g/mol. The molecule has 1 aromatic carbocycles. The maximum atomic E-state index is 12.3. The number of nitrogens with one attached hydrogen (secondary N) is 1. The topological polar surface area (TPSA) is 111 Å². The lowest BCUT2D eigenvalue weighted by Gasteiger charge is -2.20. The minimum absolute atomic E-state index is 0.0297. The summed E-state index contributed by atoms with van der Waals surface area (Å²) >= 11 is 0. The van der Waals surface area contributed by atoms with Gasteiger partial charge < -0.3 is 14.2 Å². The maximum Gasteiger partial charge on any atom is 0.240 e. The molecule has 9 nitrogen and oxygen atoms in total. The van der Waals surface area contributed by atoms with Gasteiger partial charge in [-0.15, -0.1) is 0 Å². The van der Waals surface area contributed by atoms with E-state index in [1.807, 2.05) is 0 Å². The van der Waals surface area contributed by atoms with E-state index in [4.69, 9.17) is 14.2 Å². The molecule has 0 unspecified atom stereocenters. The zero-order valence-corrected chi connectivity index (χ0v) is 15.7. The van der Waals surface area contributed by atoms with Crippen LogP contribution < -0.4 is 14.2 Å². The lowest BCUT2D eigenvalue weighted by atomic mass is 10.3. The first-order chi connectivity index (χ1) is 11.7. The van der Waals surface area contributed by atoms with Crippen molar-refractivity contribution in [3.8, 4) is 11.5 Å². The van der Waals surface area contributed by atoms with Crippen molar-refractivity contribution in [2.75, 3.05) is 46.4 Å². The van der Waals surface area contributed by atoms with E-state index >= 15 is 0 Å². The van der Waals surface area contributed by atoms with Crippen molar-refractivity contribution >= 4 is 20.0 Å². The van der Waals surface area contributed by atoms with Crippen LogP contribution in [0.25, 0.3) is 0 Å². The summed E-state index contributed by atoms with van der Waals surface area (Å²) in [5.41, 5.74) is 0. The molecule has 25 heavy (non-hydrogen) atoms. The van der Waals surface area contributed by atoms with Crippen molar-refractivity contribution in [3.05, 3.63) is 18.2 Å². The zero-order valence-electron chi connectivity index (χ0n) is 14.1. The van der Waals surface area contributed by atoms with Crippen LogP contribution in [0.1, 0.15) is 6.42 Å². The first kappa shape index (κ1) is 19.9. The molecular formula is C14H22N2O7S2. The van der Waals surface area contributed by atoms with E-state index in [0.29, 0.717) is 24.5 Å². The number of rotatable bonds is 10. The molecule has 1 N–H and O–H groups in total. The highest BCUT2D eigenvalue weighted by Crippen LogP contribution is 2.33. The van der Waals surface area contributed by atoms with Gasteiger partial charge in [0.1, 0.15) is 0 Å². The van der Waals surface area contributed by atoms with Gasteiger partial charge in [0.05, 0.1) is 11.2 Å². The Balaban J connectivity index is 1.96. The Labute approximate surface area is 148 Å². The van der Waals surface area contributed by atoms with Gasteiger partial charge in [-0.25, -0.2) is 25.9 Å². The first-order valence-corrected chi connectivity index (χ1v) is 10.9. The summed E-state index contributed by atoms with van der Waals surface area (Å²) in [5, 5.41) is 0. The van der Waals surface area contributed by atoms with Gasteiger partial charge in [-0.05, 0) is 18.6 Å². The van der Waals surface area contributed by atoms with Crippen LogP contribution in [0.15, 0.2) is 23.1 Å². The number of methoxy groups -OCH3 is 1.